The lowest BCUT2D eigenvalue weighted by molar-refractivity contribution is -0.160. The number of fused-ring (bicyclic) bond motifs is 3. The predicted molar refractivity (Wildman–Crippen MR) is 111 cm³/mol. The Hall–Kier alpha value is -1.95. The second-order valence-electron chi connectivity index (χ2n) is 10.9. The molecule has 4 aliphatic carbocycles. The summed E-state index contributed by atoms with van der Waals surface area (Å²) in [6, 6.07) is 0.561. The van der Waals surface area contributed by atoms with Gasteiger partial charge in [0, 0.05) is 6.04 Å². The van der Waals surface area contributed by atoms with Crippen LogP contribution in [-0.4, -0.2) is 57.8 Å². The number of aliphatic hydroxyl groups excluding tert-OH is 1. The van der Waals surface area contributed by atoms with E-state index in [-0.39, 0.29) is 35.2 Å². The molecule has 8 nitrogen and oxygen atoms in total. The predicted octanol–water partition coefficient (Wildman–Crippen LogP) is 0.583. The molecule has 168 valence electrons. The summed E-state index contributed by atoms with van der Waals surface area (Å²) in [5.74, 6) is 0.229. The topological polar surface area (TPSA) is 143 Å². The van der Waals surface area contributed by atoms with Gasteiger partial charge in [0.1, 0.15) is 17.7 Å². The highest BCUT2D eigenvalue weighted by molar-refractivity contribution is 5.85. The fraction of sp³-hybridized carbons (Fsp3) is 0.783. The zero-order chi connectivity index (χ0) is 22.3. The number of aliphatic hydroxyl groups is 1. The Balaban J connectivity index is 1.26. The van der Waals surface area contributed by atoms with Crippen molar-refractivity contribution in [3.8, 4) is 6.07 Å². The number of nitriles is 1. The number of hydrogen-bond acceptors (Lipinski definition) is 7. The minimum Gasteiger partial charge on any atom is -0.454 e. The maximum absolute atomic E-state index is 13.3. The lowest BCUT2D eigenvalue weighted by Gasteiger charge is -2.43. The molecule has 0 radical (unpaired) electrons. The molecule has 0 aromatic rings. The van der Waals surface area contributed by atoms with Gasteiger partial charge < -0.3 is 26.2 Å². The number of carbonyl (C=O) groups excluding carboxylic acids is 2. The highest BCUT2D eigenvalue weighted by atomic mass is 16.6. The number of esters is 1. The summed E-state index contributed by atoms with van der Waals surface area (Å²) in [5.41, 5.74) is 12.9. The first-order valence-electron chi connectivity index (χ1n) is 11.4. The Labute approximate surface area is 182 Å². The minimum absolute atomic E-state index is 0.0310. The van der Waals surface area contributed by atoms with E-state index >= 15 is 0 Å². The first kappa shape index (κ1) is 20.9. The van der Waals surface area contributed by atoms with E-state index in [1.807, 2.05) is 13.0 Å². The Bertz CT molecular complexity index is 896. The van der Waals surface area contributed by atoms with E-state index in [1.165, 1.54) is 6.92 Å². The number of nitrogens with zero attached hydrogens (tertiary/aromatic N) is 2. The molecule has 2 bridgehead atoms. The SMILES string of the molecule is C[C@H](O)[C@H](N)C(=O)OC1(C)C=C2CC(CC([C@H](N)C(=O)N3C4[C@H]5CC45C[C@H]3C#N)C2)C1. The summed E-state index contributed by atoms with van der Waals surface area (Å²) < 4.78 is 5.68. The zero-order valence-electron chi connectivity index (χ0n) is 18.2. The molecule has 0 aromatic carbocycles. The molecule has 4 fully saturated rings. The van der Waals surface area contributed by atoms with Crippen LogP contribution in [0.2, 0.25) is 0 Å². The first-order chi connectivity index (χ1) is 14.6. The summed E-state index contributed by atoms with van der Waals surface area (Å²) in [5, 5.41) is 19.1. The third kappa shape index (κ3) is 3.21. The van der Waals surface area contributed by atoms with Crippen molar-refractivity contribution in [1.82, 2.24) is 4.90 Å². The van der Waals surface area contributed by atoms with Crippen molar-refractivity contribution in [3.05, 3.63) is 11.6 Å². The number of hydrogen-bond donors (Lipinski definition) is 3. The molecule has 8 heteroatoms. The van der Waals surface area contributed by atoms with Gasteiger partial charge in [-0.15, -0.1) is 0 Å². The number of allylic oxidation sites excluding steroid dienone is 1. The number of nitrogens with two attached hydrogens (primary N) is 2. The van der Waals surface area contributed by atoms with Crippen LogP contribution in [0.1, 0.15) is 52.4 Å². The van der Waals surface area contributed by atoms with E-state index in [0.717, 1.165) is 31.3 Å². The molecule has 1 aliphatic heterocycles. The van der Waals surface area contributed by atoms with Crippen LogP contribution in [0.5, 0.6) is 0 Å². The van der Waals surface area contributed by atoms with Crippen LogP contribution in [0.3, 0.4) is 0 Å². The molecule has 5 aliphatic rings. The standard InChI is InChI=1S/C23H32N4O4/c1-11(28)17(25)21(30)31-22(2)6-12-3-13(7-22)5-14(4-12)18(26)20(29)27-15(10-24)8-23-9-16(23)19(23)27/h6,11,13-19,28H,3-5,7-9,25-26H2,1-2H3/t11-,13?,14?,15-,16+,17-,18-,19?,22?,23?/m0/s1. The van der Waals surface area contributed by atoms with Crippen molar-refractivity contribution in [1.29, 1.82) is 5.26 Å². The van der Waals surface area contributed by atoms with E-state index in [9.17, 15) is 20.0 Å². The number of piperidine rings is 1. The van der Waals surface area contributed by atoms with Crippen molar-refractivity contribution in [2.45, 2.75) is 88.2 Å². The van der Waals surface area contributed by atoms with Gasteiger partial charge in [0.2, 0.25) is 5.91 Å². The average Bonchev–Trinajstić information content (AvgIpc) is 3.53. The molecule has 5 rings (SSSR count). The Morgan fingerprint density at radius 2 is 2.06 bits per heavy atom. The number of rotatable bonds is 5. The lowest BCUT2D eigenvalue weighted by atomic mass is 9.67. The Morgan fingerprint density at radius 1 is 1.32 bits per heavy atom. The molecule has 3 saturated carbocycles. The maximum Gasteiger partial charge on any atom is 0.326 e. The van der Waals surface area contributed by atoms with Crippen molar-refractivity contribution in [3.63, 3.8) is 0 Å². The highest BCUT2D eigenvalue weighted by Gasteiger charge is 2.85. The smallest absolute Gasteiger partial charge is 0.326 e. The molecule has 1 spiro atoms. The fourth-order valence-corrected chi connectivity index (χ4v) is 6.79. The summed E-state index contributed by atoms with van der Waals surface area (Å²) in [4.78, 5) is 27.4. The molecule has 0 aromatic heterocycles. The van der Waals surface area contributed by atoms with Gasteiger partial charge in [-0.3, -0.25) is 9.59 Å². The maximum atomic E-state index is 13.3. The van der Waals surface area contributed by atoms with Gasteiger partial charge in [0.05, 0.1) is 18.2 Å². The van der Waals surface area contributed by atoms with E-state index in [1.54, 1.807) is 4.90 Å². The second kappa shape index (κ2) is 6.77. The van der Waals surface area contributed by atoms with Crippen LogP contribution in [0, 0.1) is 34.5 Å². The summed E-state index contributed by atoms with van der Waals surface area (Å²) >= 11 is 0. The highest BCUT2D eigenvalue weighted by Crippen LogP contribution is 2.82. The molecule has 1 heterocycles. The van der Waals surface area contributed by atoms with Crippen molar-refractivity contribution >= 4 is 11.9 Å². The second-order valence-corrected chi connectivity index (χ2v) is 10.9. The first-order valence-corrected chi connectivity index (χ1v) is 11.4. The van der Waals surface area contributed by atoms with Crippen LogP contribution in [0.15, 0.2) is 11.6 Å². The van der Waals surface area contributed by atoms with Crippen molar-refractivity contribution in [2.75, 3.05) is 0 Å². The van der Waals surface area contributed by atoms with E-state index in [0.29, 0.717) is 18.8 Å². The number of likely N-dealkylation sites (tertiary alicyclic amines) is 1. The Morgan fingerprint density at radius 3 is 2.68 bits per heavy atom. The van der Waals surface area contributed by atoms with Crippen LogP contribution >= 0.6 is 0 Å². The van der Waals surface area contributed by atoms with Gasteiger partial charge in [-0.25, -0.2) is 0 Å². The molecule has 1 amide bonds. The number of carbonyl (C=O) groups is 2. The zero-order valence-corrected chi connectivity index (χ0v) is 18.2. The summed E-state index contributed by atoms with van der Waals surface area (Å²) in [6.45, 7) is 3.34. The van der Waals surface area contributed by atoms with Gasteiger partial charge in [0.25, 0.3) is 0 Å². The minimum atomic E-state index is -1.07. The van der Waals surface area contributed by atoms with Gasteiger partial charge in [-0.05, 0) is 81.6 Å². The van der Waals surface area contributed by atoms with E-state index in [4.69, 9.17) is 16.2 Å². The van der Waals surface area contributed by atoms with Gasteiger partial charge >= 0.3 is 5.97 Å². The van der Waals surface area contributed by atoms with Crippen LogP contribution < -0.4 is 11.5 Å². The van der Waals surface area contributed by atoms with Gasteiger partial charge in [0.15, 0.2) is 0 Å². The molecule has 5 N–H and O–H groups in total. The van der Waals surface area contributed by atoms with Crippen molar-refractivity contribution in [2.24, 2.45) is 34.6 Å². The molecular weight excluding hydrogens is 396 g/mol. The quantitative estimate of drug-likeness (QED) is 0.429. The van der Waals surface area contributed by atoms with Crippen molar-refractivity contribution < 1.29 is 19.4 Å². The Kier molecular flexibility index (Phi) is 4.57. The normalized spacial score (nSPS) is 44.7. The van der Waals surface area contributed by atoms with Crippen LogP contribution in [0.25, 0.3) is 0 Å². The number of ether oxygens (including phenoxy) is 1. The van der Waals surface area contributed by atoms with Crippen LogP contribution in [0.4, 0.5) is 0 Å². The van der Waals surface area contributed by atoms with E-state index < -0.39 is 29.8 Å². The lowest BCUT2D eigenvalue weighted by Crippen LogP contribution is -2.53. The van der Waals surface area contributed by atoms with E-state index in [2.05, 4.69) is 6.07 Å². The monoisotopic (exact) mass is 428 g/mol. The molecule has 31 heavy (non-hydrogen) atoms. The number of amides is 1. The molecular formula is C23H32N4O4. The van der Waals surface area contributed by atoms with Gasteiger partial charge in [-0.1, -0.05) is 5.57 Å². The third-order valence-electron chi connectivity index (χ3n) is 8.49. The summed E-state index contributed by atoms with van der Waals surface area (Å²) in [7, 11) is 0. The molecule has 5 unspecified atom stereocenters. The van der Waals surface area contributed by atoms with Gasteiger partial charge in [-0.2, -0.15) is 5.26 Å². The largest absolute Gasteiger partial charge is 0.454 e. The van der Waals surface area contributed by atoms with Crippen LogP contribution in [-0.2, 0) is 14.3 Å². The summed E-state index contributed by atoms with van der Waals surface area (Å²) in [6.07, 6.45) is 6.04. The molecule has 10 atom stereocenters. The average molecular weight is 429 g/mol. The molecule has 1 saturated heterocycles. The fourth-order valence-electron chi connectivity index (χ4n) is 6.79. The third-order valence-corrected chi connectivity index (χ3v) is 8.49.